The van der Waals surface area contributed by atoms with Crippen molar-refractivity contribution in [2.45, 2.75) is 5.03 Å². The Balaban J connectivity index is 2.48. The molecule has 0 aliphatic heterocycles. The molecule has 0 amide bonds. The first-order chi connectivity index (χ1) is 6.86. The van der Waals surface area contributed by atoms with Gasteiger partial charge in [-0.05, 0) is 12.1 Å². The van der Waals surface area contributed by atoms with E-state index in [1.165, 1.54) is 18.9 Å². The van der Waals surface area contributed by atoms with E-state index in [1.54, 1.807) is 6.20 Å². The van der Waals surface area contributed by atoms with Crippen LogP contribution >= 0.6 is 11.8 Å². The quantitative estimate of drug-likeness (QED) is 0.319. The number of rotatable bonds is 5. The summed E-state index contributed by atoms with van der Waals surface area (Å²) in [5.41, 5.74) is 0.364. The fourth-order valence-corrected chi connectivity index (χ4v) is 1.51. The van der Waals surface area contributed by atoms with Crippen molar-refractivity contribution in [1.29, 1.82) is 0 Å². The molecule has 1 heterocycles. The molecule has 0 aromatic carbocycles. The van der Waals surface area contributed by atoms with Crippen LogP contribution in [0.4, 0.5) is 0 Å². The van der Waals surface area contributed by atoms with Crippen LogP contribution in [0.5, 0.6) is 0 Å². The highest BCUT2D eigenvalue weighted by molar-refractivity contribution is 8.00. The van der Waals surface area contributed by atoms with Gasteiger partial charge in [0.15, 0.2) is 6.29 Å². The molecule has 1 aromatic rings. The summed E-state index contributed by atoms with van der Waals surface area (Å²) < 4.78 is 0. The predicted molar refractivity (Wildman–Crippen MR) is 55.5 cm³/mol. The van der Waals surface area contributed by atoms with Crippen LogP contribution in [0.1, 0.15) is 0 Å². The zero-order valence-electron chi connectivity index (χ0n) is 7.71. The van der Waals surface area contributed by atoms with Gasteiger partial charge in [0.25, 0.3) is 0 Å². The first kappa shape index (κ1) is 10.7. The van der Waals surface area contributed by atoms with Crippen molar-refractivity contribution in [1.82, 2.24) is 4.98 Å². The van der Waals surface area contributed by atoms with Crippen molar-refractivity contribution in [2.24, 2.45) is 5.16 Å². The fraction of sp³-hybridized carbons (Fsp3) is 0.222. The molecule has 74 valence electrons. The Morgan fingerprint density at radius 3 is 3.14 bits per heavy atom. The Kier molecular flexibility index (Phi) is 4.71. The largest absolute Gasteiger partial charge is 0.399 e. The number of hydrogen-bond donors (Lipinski definition) is 0. The van der Waals surface area contributed by atoms with Crippen LogP contribution in [0.2, 0.25) is 0 Å². The Bertz CT molecular complexity index is 314. The van der Waals surface area contributed by atoms with Crippen molar-refractivity contribution in [3.63, 3.8) is 0 Å². The molecule has 0 fully saturated rings. The van der Waals surface area contributed by atoms with Crippen LogP contribution in [-0.2, 0) is 9.63 Å². The van der Waals surface area contributed by atoms with Crippen LogP contribution in [0.3, 0.4) is 0 Å². The molecule has 0 saturated carbocycles. The van der Waals surface area contributed by atoms with Gasteiger partial charge in [0.2, 0.25) is 0 Å². The van der Waals surface area contributed by atoms with Crippen LogP contribution in [-0.4, -0.2) is 29.8 Å². The molecule has 0 aliphatic rings. The number of aldehydes is 1. The van der Waals surface area contributed by atoms with Crippen molar-refractivity contribution < 1.29 is 9.63 Å². The summed E-state index contributed by atoms with van der Waals surface area (Å²) in [4.78, 5) is 19.1. The first-order valence-corrected chi connectivity index (χ1v) is 4.94. The Hall–Kier alpha value is -1.36. The number of carbonyl (C=O) groups excluding carboxylic acids is 1. The zero-order chi connectivity index (χ0) is 10.2. The summed E-state index contributed by atoms with van der Waals surface area (Å²) >= 11 is 1.44. The molecule has 4 nitrogen and oxygen atoms in total. The molecule has 1 aromatic heterocycles. The van der Waals surface area contributed by atoms with Gasteiger partial charge in [0, 0.05) is 11.9 Å². The molecule has 0 N–H and O–H groups in total. The molecule has 0 unspecified atom stereocenters. The summed E-state index contributed by atoms with van der Waals surface area (Å²) in [6.07, 6.45) is 2.38. The van der Waals surface area contributed by atoms with E-state index in [1.807, 2.05) is 18.2 Å². The minimum Gasteiger partial charge on any atom is -0.399 e. The SMILES string of the molecule is CON=C(C=O)CSc1ccccn1. The molecule has 0 radical (unpaired) electrons. The lowest BCUT2D eigenvalue weighted by Crippen LogP contribution is -2.04. The number of pyridine rings is 1. The van der Waals surface area contributed by atoms with Gasteiger partial charge >= 0.3 is 0 Å². The molecule has 0 spiro atoms. The molecule has 0 atom stereocenters. The first-order valence-electron chi connectivity index (χ1n) is 3.96. The third-order valence-corrected chi connectivity index (χ3v) is 2.33. The lowest BCUT2D eigenvalue weighted by Gasteiger charge is -1.98. The Morgan fingerprint density at radius 2 is 2.57 bits per heavy atom. The molecule has 0 aliphatic carbocycles. The molecule has 14 heavy (non-hydrogen) atoms. The third kappa shape index (κ3) is 3.57. The van der Waals surface area contributed by atoms with Crippen LogP contribution < -0.4 is 0 Å². The smallest absolute Gasteiger partial charge is 0.168 e. The highest BCUT2D eigenvalue weighted by Gasteiger charge is 2.00. The molecule has 0 saturated heterocycles. The van der Waals surface area contributed by atoms with Crippen LogP contribution in [0.15, 0.2) is 34.6 Å². The van der Waals surface area contributed by atoms with Gasteiger partial charge in [-0.1, -0.05) is 23.0 Å². The van der Waals surface area contributed by atoms with E-state index in [0.717, 1.165) is 5.03 Å². The Labute approximate surface area is 86.4 Å². The third-order valence-electron chi connectivity index (χ3n) is 1.35. The van der Waals surface area contributed by atoms with E-state index < -0.39 is 0 Å². The van der Waals surface area contributed by atoms with E-state index in [-0.39, 0.29) is 0 Å². The average Bonchev–Trinajstić information content (AvgIpc) is 2.25. The van der Waals surface area contributed by atoms with E-state index in [0.29, 0.717) is 17.8 Å². The number of thioether (sulfide) groups is 1. The normalized spacial score (nSPS) is 11.1. The number of carbonyl (C=O) groups is 1. The van der Waals surface area contributed by atoms with Crippen LogP contribution in [0.25, 0.3) is 0 Å². The van der Waals surface area contributed by atoms with Gasteiger partial charge < -0.3 is 4.84 Å². The minimum absolute atomic E-state index is 0.364. The van der Waals surface area contributed by atoms with Crippen LogP contribution in [0, 0.1) is 0 Å². The fourth-order valence-electron chi connectivity index (χ4n) is 0.779. The van der Waals surface area contributed by atoms with Crippen molar-refractivity contribution in [3.8, 4) is 0 Å². The second-order valence-electron chi connectivity index (χ2n) is 2.34. The highest BCUT2D eigenvalue weighted by Crippen LogP contribution is 2.13. The molecular weight excluding hydrogens is 200 g/mol. The van der Waals surface area contributed by atoms with Crippen molar-refractivity contribution in [3.05, 3.63) is 24.4 Å². The monoisotopic (exact) mass is 210 g/mol. The molecule has 0 bridgehead atoms. The van der Waals surface area contributed by atoms with E-state index in [4.69, 9.17) is 0 Å². The Morgan fingerprint density at radius 1 is 1.71 bits per heavy atom. The second-order valence-corrected chi connectivity index (χ2v) is 3.34. The summed E-state index contributed by atoms with van der Waals surface area (Å²) in [5.74, 6) is 0.467. The van der Waals surface area contributed by atoms with E-state index >= 15 is 0 Å². The maximum absolute atomic E-state index is 10.5. The highest BCUT2D eigenvalue weighted by atomic mass is 32.2. The standard InChI is InChI=1S/C9H10N2O2S/c1-13-11-8(6-12)7-14-9-4-2-3-5-10-9/h2-6H,7H2,1H3. The maximum atomic E-state index is 10.5. The number of nitrogens with zero attached hydrogens (tertiary/aromatic N) is 2. The van der Waals surface area contributed by atoms with Crippen molar-refractivity contribution in [2.75, 3.05) is 12.9 Å². The van der Waals surface area contributed by atoms with E-state index in [9.17, 15) is 4.79 Å². The number of hydrogen-bond acceptors (Lipinski definition) is 5. The molecule has 1 rings (SSSR count). The minimum atomic E-state index is 0.364. The van der Waals surface area contributed by atoms with Gasteiger partial charge in [0.05, 0.1) is 5.03 Å². The summed E-state index contributed by atoms with van der Waals surface area (Å²) in [6.45, 7) is 0. The summed E-state index contributed by atoms with van der Waals surface area (Å²) in [7, 11) is 1.41. The topological polar surface area (TPSA) is 51.5 Å². The number of oxime groups is 1. The predicted octanol–water partition coefficient (Wildman–Crippen LogP) is 1.38. The van der Waals surface area contributed by atoms with Gasteiger partial charge in [-0.3, -0.25) is 4.79 Å². The lowest BCUT2D eigenvalue weighted by atomic mass is 10.5. The zero-order valence-corrected chi connectivity index (χ0v) is 8.53. The molecular formula is C9H10N2O2S. The second kappa shape index (κ2) is 6.15. The summed E-state index contributed by atoms with van der Waals surface area (Å²) in [6, 6.07) is 5.61. The van der Waals surface area contributed by atoms with E-state index in [2.05, 4.69) is 15.0 Å². The lowest BCUT2D eigenvalue weighted by molar-refractivity contribution is -0.102. The number of aromatic nitrogens is 1. The summed E-state index contributed by atoms with van der Waals surface area (Å²) in [5, 5.41) is 4.42. The van der Waals surface area contributed by atoms with Gasteiger partial charge in [0.1, 0.15) is 12.8 Å². The van der Waals surface area contributed by atoms with Crippen molar-refractivity contribution >= 4 is 23.8 Å². The molecule has 5 heteroatoms. The average molecular weight is 210 g/mol. The van der Waals surface area contributed by atoms with Gasteiger partial charge in [-0.2, -0.15) is 0 Å². The maximum Gasteiger partial charge on any atom is 0.168 e. The van der Waals surface area contributed by atoms with Gasteiger partial charge in [-0.25, -0.2) is 4.98 Å². The van der Waals surface area contributed by atoms with Gasteiger partial charge in [-0.15, -0.1) is 0 Å².